The summed E-state index contributed by atoms with van der Waals surface area (Å²) in [5.41, 5.74) is 3.77. The number of anilines is 5. The van der Waals surface area contributed by atoms with Crippen LogP contribution in [0.3, 0.4) is 0 Å². The Morgan fingerprint density at radius 3 is 2.51 bits per heavy atom. The van der Waals surface area contributed by atoms with Crippen molar-refractivity contribution >= 4 is 61.2 Å². The van der Waals surface area contributed by atoms with Crippen LogP contribution in [-0.4, -0.2) is 135 Å². The SMILES string of the molecule is CC(C)Oc1ccccc1[C@@H]1CN(c2ccccn2)CCN1C1CC2(CCN(c3ccc(C(=O)NS(=O)(=O)c4cc5c(c([N+](=O)[O-])c4)N[C@H](C4CCOCC4)CO5)c(N4c5cc6cc[nH]c6nc5O[C@H]5COCC[C@@H]54)c3)CC2)C1. The van der Waals surface area contributed by atoms with Crippen LogP contribution in [0, 0.1) is 21.4 Å². The second-order valence-corrected chi connectivity index (χ2v) is 24.2. The fourth-order valence-electron chi connectivity index (χ4n) is 13.4. The molecule has 21 heteroatoms. The number of hydrogen-bond donors (Lipinski definition) is 3. The number of carbonyl (C=O) groups is 1. The number of fused-ring (bicyclic) bond motifs is 4. The Morgan fingerprint density at radius 2 is 1.71 bits per heavy atom. The summed E-state index contributed by atoms with van der Waals surface area (Å²) in [5.74, 6) is 1.56. The van der Waals surface area contributed by atoms with Gasteiger partial charge in [-0.3, -0.25) is 19.8 Å². The smallest absolute Gasteiger partial charge is 0.297 e. The number of hydrogen-bond acceptors (Lipinski definition) is 17. The first-order valence-corrected chi connectivity index (χ1v) is 29.3. The molecule has 6 aliphatic heterocycles. The number of pyridine rings is 2. The van der Waals surface area contributed by atoms with Crippen LogP contribution in [0.1, 0.15) is 80.8 Å². The Kier molecular flexibility index (Phi) is 13.5. The van der Waals surface area contributed by atoms with Crippen LogP contribution in [-0.2, 0) is 19.5 Å². The number of aromatic amines is 1. The molecule has 9 heterocycles. The number of para-hydroxylation sites is 1. The number of H-pyrrole nitrogens is 1. The summed E-state index contributed by atoms with van der Waals surface area (Å²) in [6, 6.07) is 26.3. The first-order valence-electron chi connectivity index (χ1n) is 27.8. The molecule has 6 aromatic rings. The van der Waals surface area contributed by atoms with E-state index in [1.165, 1.54) is 11.6 Å². The van der Waals surface area contributed by atoms with Crippen LogP contribution in [0.15, 0.2) is 102 Å². The lowest BCUT2D eigenvalue weighted by molar-refractivity contribution is -0.384. The zero-order valence-electron chi connectivity index (χ0n) is 44.4. The predicted molar refractivity (Wildman–Crippen MR) is 298 cm³/mol. The number of piperidine rings is 1. The highest BCUT2D eigenvalue weighted by Gasteiger charge is 2.51. The molecule has 3 aromatic heterocycles. The maximum absolute atomic E-state index is 14.9. The molecular weight excluding hydrogens is 1030 g/mol. The zero-order chi connectivity index (χ0) is 54.0. The van der Waals surface area contributed by atoms with Crippen LogP contribution in [0.4, 0.5) is 34.3 Å². The van der Waals surface area contributed by atoms with Crippen molar-refractivity contribution in [2.45, 2.75) is 100 Å². The van der Waals surface area contributed by atoms with Gasteiger partial charge in [-0.2, -0.15) is 4.98 Å². The largest absolute Gasteiger partial charge is 0.491 e. The summed E-state index contributed by atoms with van der Waals surface area (Å²) in [7, 11) is -4.71. The van der Waals surface area contributed by atoms with Crippen LogP contribution in [0.25, 0.3) is 11.0 Å². The number of nitro benzene ring substituents is 1. The number of ether oxygens (including phenoxy) is 5. The fraction of sp³-hybridized carbons (Fsp3) is 0.466. The Balaban J connectivity index is 0.784. The molecule has 4 saturated heterocycles. The van der Waals surface area contributed by atoms with Gasteiger partial charge < -0.3 is 48.7 Å². The van der Waals surface area contributed by atoms with Gasteiger partial charge >= 0.3 is 0 Å². The summed E-state index contributed by atoms with van der Waals surface area (Å²) in [4.78, 5) is 48.7. The van der Waals surface area contributed by atoms with E-state index in [1.54, 1.807) is 6.07 Å². The number of nitrogens with zero attached hydrogens (tertiary/aromatic N) is 7. The summed E-state index contributed by atoms with van der Waals surface area (Å²) in [6.07, 6.45) is 9.53. The van der Waals surface area contributed by atoms with Crippen molar-refractivity contribution in [1.29, 1.82) is 0 Å². The second kappa shape index (κ2) is 20.8. The molecule has 5 fully saturated rings. The van der Waals surface area contributed by atoms with E-state index in [0.717, 1.165) is 100.0 Å². The maximum atomic E-state index is 14.9. The van der Waals surface area contributed by atoms with Gasteiger partial charge in [0.25, 0.3) is 21.6 Å². The van der Waals surface area contributed by atoms with E-state index in [-0.39, 0.29) is 59.2 Å². The number of nitrogens with one attached hydrogen (secondary N) is 3. The number of nitro groups is 1. The van der Waals surface area contributed by atoms with Gasteiger partial charge in [0, 0.05) is 99.7 Å². The normalized spacial score (nSPS) is 23.4. The lowest BCUT2D eigenvalue weighted by Crippen LogP contribution is -2.60. The molecule has 1 spiro atoms. The van der Waals surface area contributed by atoms with Crippen LogP contribution in [0.2, 0.25) is 0 Å². The predicted octanol–water partition coefficient (Wildman–Crippen LogP) is 8.37. The Hall–Kier alpha value is -7.20. The molecule has 1 amide bonds. The van der Waals surface area contributed by atoms with E-state index in [4.69, 9.17) is 33.7 Å². The Bertz CT molecular complexity index is 3380. The number of piperazine rings is 1. The third-order valence-corrected chi connectivity index (χ3v) is 18.8. The molecule has 79 heavy (non-hydrogen) atoms. The van der Waals surface area contributed by atoms with E-state index in [9.17, 15) is 23.3 Å². The minimum Gasteiger partial charge on any atom is -0.491 e. The summed E-state index contributed by atoms with van der Waals surface area (Å²) in [6.45, 7) is 10.4. The third-order valence-electron chi connectivity index (χ3n) is 17.5. The molecule has 4 atom stereocenters. The maximum Gasteiger partial charge on any atom is 0.297 e. The number of carbonyl (C=O) groups excluding carboxylic acids is 1. The molecule has 13 rings (SSSR count). The average Bonchev–Trinajstić information content (AvgIpc) is 4.13. The van der Waals surface area contributed by atoms with Crippen molar-refractivity contribution in [2.75, 3.05) is 85.8 Å². The molecule has 20 nitrogen and oxygen atoms in total. The molecular formula is C58H66N10O10S. The van der Waals surface area contributed by atoms with Crippen LogP contribution < -0.4 is 38.9 Å². The number of sulfonamides is 1. The molecule has 3 N–H and O–H groups in total. The third kappa shape index (κ3) is 9.81. The summed E-state index contributed by atoms with van der Waals surface area (Å²) < 4.78 is 61.7. The van der Waals surface area contributed by atoms with Crippen molar-refractivity contribution < 1.29 is 41.8 Å². The van der Waals surface area contributed by atoms with Gasteiger partial charge in [-0.05, 0) is 119 Å². The molecule has 0 radical (unpaired) electrons. The quantitative estimate of drug-likeness (QED) is 0.0774. The zero-order valence-corrected chi connectivity index (χ0v) is 45.2. The first-order chi connectivity index (χ1) is 38.4. The van der Waals surface area contributed by atoms with Crippen LogP contribution in [0.5, 0.6) is 17.4 Å². The van der Waals surface area contributed by atoms with Crippen molar-refractivity contribution in [3.8, 4) is 17.4 Å². The van der Waals surface area contributed by atoms with Gasteiger partial charge in [0.2, 0.25) is 5.88 Å². The van der Waals surface area contributed by atoms with Crippen LogP contribution >= 0.6 is 0 Å². The standard InChI is InChI=1S/C58H66N10O10S/c1-36(2)77-50-8-4-3-7-42(50)49-33-65(53-9-5-6-18-59-53)22-23-66(49)40-31-58(32-40)16-20-64(21-17-58)39-10-11-43(46(28-39)67-45-15-26-75-35-52(45)78-57-48(67)27-38-12-19-60-55(38)62-57)56(69)63-79(72,73)41-29-47(68(70)71)54-51(30-41)76-34-44(61-54)37-13-24-74-25-14-37/h3-12,18-19,27-30,36-37,40,44-45,49,52,61H,13-17,20-26,31-35H2,1-2H3,(H,60,62)(H,63,69)/t44-,45-,49-,52-/m0/s1. The van der Waals surface area contributed by atoms with E-state index >= 15 is 0 Å². The number of rotatable bonds is 12. The van der Waals surface area contributed by atoms with Gasteiger partial charge in [0.15, 0.2) is 11.4 Å². The molecule has 0 bridgehead atoms. The highest BCUT2D eigenvalue weighted by Crippen LogP contribution is 2.54. The highest BCUT2D eigenvalue weighted by molar-refractivity contribution is 7.90. The fourth-order valence-corrected chi connectivity index (χ4v) is 14.4. The van der Waals surface area contributed by atoms with Crippen molar-refractivity contribution in [3.63, 3.8) is 0 Å². The lowest BCUT2D eigenvalue weighted by atomic mass is 9.59. The summed E-state index contributed by atoms with van der Waals surface area (Å²) in [5, 5.41) is 16.7. The molecule has 3 aromatic carbocycles. The average molecular weight is 1100 g/mol. The molecule has 7 aliphatic rings. The number of benzene rings is 3. The molecule has 1 aliphatic carbocycles. The van der Waals surface area contributed by atoms with E-state index in [1.807, 2.05) is 48.8 Å². The topological polar surface area (TPSA) is 219 Å². The lowest BCUT2D eigenvalue weighted by Gasteiger charge is -2.58. The summed E-state index contributed by atoms with van der Waals surface area (Å²) >= 11 is 0. The van der Waals surface area contributed by atoms with Gasteiger partial charge in [-0.15, -0.1) is 0 Å². The van der Waals surface area contributed by atoms with E-state index < -0.39 is 37.5 Å². The molecule has 0 unspecified atom stereocenters. The van der Waals surface area contributed by atoms with Gasteiger partial charge in [0.05, 0.1) is 51.9 Å². The highest BCUT2D eigenvalue weighted by atomic mass is 32.2. The Labute approximate surface area is 458 Å². The minimum absolute atomic E-state index is 0.0248. The van der Waals surface area contributed by atoms with Crippen molar-refractivity contribution in [1.82, 2.24) is 24.6 Å². The monoisotopic (exact) mass is 1090 g/mol. The van der Waals surface area contributed by atoms with E-state index in [0.29, 0.717) is 61.8 Å². The van der Waals surface area contributed by atoms with E-state index in [2.05, 4.69) is 78.8 Å². The van der Waals surface area contributed by atoms with Crippen molar-refractivity contribution in [3.05, 3.63) is 119 Å². The van der Waals surface area contributed by atoms with Gasteiger partial charge in [-0.1, -0.05) is 24.3 Å². The van der Waals surface area contributed by atoms with Gasteiger partial charge in [-0.25, -0.2) is 18.1 Å². The molecule has 414 valence electrons. The van der Waals surface area contributed by atoms with Crippen molar-refractivity contribution in [2.24, 2.45) is 11.3 Å². The number of amides is 1. The van der Waals surface area contributed by atoms with Gasteiger partial charge in [0.1, 0.15) is 35.6 Å². The first kappa shape index (κ1) is 51.3. The number of aromatic nitrogens is 3. The Morgan fingerprint density at radius 1 is 0.899 bits per heavy atom. The molecule has 1 saturated carbocycles. The second-order valence-electron chi connectivity index (χ2n) is 22.5. The minimum atomic E-state index is -4.71.